The van der Waals surface area contributed by atoms with Crippen molar-refractivity contribution in [3.63, 3.8) is 0 Å². The van der Waals surface area contributed by atoms with E-state index in [0.717, 1.165) is 11.1 Å². The van der Waals surface area contributed by atoms with Crippen LogP contribution in [0.3, 0.4) is 0 Å². The lowest BCUT2D eigenvalue weighted by atomic mass is 9.87. The number of aryl methyl sites for hydroxylation is 1. The predicted octanol–water partition coefficient (Wildman–Crippen LogP) is 1.84. The normalized spacial score (nSPS) is 23.2. The number of carbonyl (C=O) groups excluding carboxylic acids is 2. The summed E-state index contributed by atoms with van der Waals surface area (Å²) in [6.07, 6.45) is 4.79. The van der Waals surface area contributed by atoms with Crippen LogP contribution in [0.5, 0.6) is 5.75 Å². The number of hydrogen-bond acceptors (Lipinski definition) is 4. The van der Waals surface area contributed by atoms with Crippen LogP contribution in [0.2, 0.25) is 0 Å². The highest BCUT2D eigenvalue weighted by Gasteiger charge is 2.39. The van der Waals surface area contributed by atoms with E-state index in [1.807, 2.05) is 31.2 Å². The van der Waals surface area contributed by atoms with Crippen LogP contribution in [0.15, 0.2) is 18.2 Å². The lowest BCUT2D eigenvalue weighted by Gasteiger charge is -2.38. The van der Waals surface area contributed by atoms with Crippen LogP contribution >= 0.6 is 0 Å². The maximum Gasteiger partial charge on any atom is 0.341 e. The van der Waals surface area contributed by atoms with Gasteiger partial charge in [0.25, 0.3) is 0 Å². The van der Waals surface area contributed by atoms with Gasteiger partial charge in [-0.3, -0.25) is 4.79 Å². The first-order valence-electron chi connectivity index (χ1n) is 6.91. The van der Waals surface area contributed by atoms with Gasteiger partial charge in [-0.25, -0.2) is 4.79 Å². The highest BCUT2D eigenvalue weighted by atomic mass is 16.5. The zero-order chi connectivity index (χ0) is 15.0. The number of ether oxygens (including phenoxy) is 2. The molecule has 21 heavy (non-hydrogen) atoms. The molecule has 0 saturated carbocycles. The quantitative estimate of drug-likeness (QED) is 0.800. The van der Waals surface area contributed by atoms with E-state index in [-0.39, 0.29) is 12.3 Å². The lowest BCUT2D eigenvalue weighted by molar-refractivity contribution is -0.126. The Balaban J connectivity index is 2.07. The molecule has 1 unspecified atom stereocenters. The summed E-state index contributed by atoms with van der Waals surface area (Å²) >= 11 is 0. The number of nitrogens with one attached hydrogen (secondary N) is 1. The standard InChI is InChI=1S/C16H17NO4/c1-10-3-4-11-5-6-16(7-8-17-12(18)9-16)21-14(11)13(10)15(19)20-2/h3-6H,7-9H2,1-2H3,(H,17,18). The molecule has 5 nitrogen and oxygen atoms in total. The zero-order valence-corrected chi connectivity index (χ0v) is 12.1. The Morgan fingerprint density at radius 1 is 1.43 bits per heavy atom. The average Bonchev–Trinajstić information content (AvgIpc) is 2.46. The van der Waals surface area contributed by atoms with Crippen LogP contribution in [0.1, 0.15) is 34.3 Å². The summed E-state index contributed by atoms with van der Waals surface area (Å²) < 4.78 is 11.0. The van der Waals surface area contributed by atoms with E-state index in [2.05, 4.69) is 5.32 Å². The molecule has 0 bridgehead atoms. The molecular formula is C16H17NO4. The smallest absolute Gasteiger partial charge is 0.341 e. The summed E-state index contributed by atoms with van der Waals surface area (Å²) in [5, 5.41) is 2.79. The molecule has 5 heteroatoms. The minimum atomic E-state index is -0.661. The second-order valence-corrected chi connectivity index (χ2v) is 5.44. The second-order valence-electron chi connectivity index (χ2n) is 5.44. The lowest BCUT2D eigenvalue weighted by Crippen LogP contribution is -2.48. The van der Waals surface area contributed by atoms with Crippen molar-refractivity contribution in [3.8, 4) is 5.75 Å². The maximum absolute atomic E-state index is 12.0. The number of methoxy groups -OCH3 is 1. The van der Waals surface area contributed by atoms with Crippen molar-refractivity contribution < 1.29 is 19.1 Å². The predicted molar refractivity (Wildman–Crippen MR) is 77.2 cm³/mol. The van der Waals surface area contributed by atoms with Crippen LogP contribution in [0, 0.1) is 6.92 Å². The zero-order valence-electron chi connectivity index (χ0n) is 12.1. The van der Waals surface area contributed by atoms with E-state index in [1.165, 1.54) is 7.11 Å². The van der Waals surface area contributed by atoms with Crippen LogP contribution in [-0.4, -0.2) is 31.1 Å². The summed E-state index contributed by atoms with van der Waals surface area (Å²) in [5.41, 5.74) is 1.40. The van der Waals surface area contributed by atoms with E-state index in [0.29, 0.717) is 24.3 Å². The van der Waals surface area contributed by atoms with Crippen molar-refractivity contribution in [2.75, 3.05) is 13.7 Å². The average molecular weight is 287 g/mol. The number of rotatable bonds is 1. The van der Waals surface area contributed by atoms with Crippen LogP contribution < -0.4 is 10.1 Å². The van der Waals surface area contributed by atoms with Gasteiger partial charge in [0.05, 0.1) is 13.5 Å². The van der Waals surface area contributed by atoms with Gasteiger partial charge in [-0.1, -0.05) is 18.2 Å². The Bertz CT molecular complexity index is 650. The molecule has 2 aliphatic rings. The highest BCUT2D eigenvalue weighted by Crippen LogP contribution is 2.39. The van der Waals surface area contributed by atoms with Gasteiger partial charge in [-0.2, -0.15) is 0 Å². The SMILES string of the molecule is COC(=O)c1c(C)ccc2c1OC1(C=C2)CCNC(=O)C1. The molecule has 1 N–H and O–H groups in total. The van der Waals surface area contributed by atoms with Gasteiger partial charge in [-0.05, 0) is 18.6 Å². The first-order chi connectivity index (χ1) is 10.0. The van der Waals surface area contributed by atoms with Gasteiger partial charge < -0.3 is 14.8 Å². The molecule has 0 aromatic heterocycles. The third-order valence-corrected chi connectivity index (χ3v) is 3.99. The summed E-state index contributed by atoms with van der Waals surface area (Å²) in [6.45, 7) is 2.41. The van der Waals surface area contributed by atoms with E-state index in [1.54, 1.807) is 0 Å². The molecule has 110 valence electrons. The summed E-state index contributed by atoms with van der Waals surface area (Å²) in [5.74, 6) is 0.0516. The molecule has 1 fully saturated rings. The van der Waals surface area contributed by atoms with E-state index >= 15 is 0 Å². The molecule has 3 rings (SSSR count). The van der Waals surface area contributed by atoms with Gasteiger partial charge in [0.15, 0.2) is 0 Å². The monoisotopic (exact) mass is 287 g/mol. The third-order valence-electron chi connectivity index (χ3n) is 3.99. The molecular weight excluding hydrogens is 270 g/mol. The fraction of sp³-hybridized carbons (Fsp3) is 0.375. The Kier molecular flexibility index (Phi) is 3.20. The maximum atomic E-state index is 12.0. The van der Waals surface area contributed by atoms with Crippen molar-refractivity contribution in [3.05, 3.63) is 34.9 Å². The first kappa shape index (κ1) is 13.7. The minimum absolute atomic E-state index is 0.0402. The molecule has 1 aromatic carbocycles. The van der Waals surface area contributed by atoms with Crippen molar-refractivity contribution in [2.24, 2.45) is 0 Å². The van der Waals surface area contributed by atoms with Crippen molar-refractivity contribution >= 4 is 18.0 Å². The number of benzene rings is 1. The van der Waals surface area contributed by atoms with Gasteiger partial charge >= 0.3 is 5.97 Å². The molecule has 1 spiro atoms. The topological polar surface area (TPSA) is 64.6 Å². The Labute approximate surface area is 122 Å². The molecule has 1 aromatic rings. The van der Waals surface area contributed by atoms with Crippen molar-refractivity contribution in [1.82, 2.24) is 5.32 Å². The van der Waals surface area contributed by atoms with Gasteiger partial charge in [0, 0.05) is 18.5 Å². The third kappa shape index (κ3) is 2.28. The van der Waals surface area contributed by atoms with Crippen LogP contribution in [-0.2, 0) is 9.53 Å². The van der Waals surface area contributed by atoms with E-state index in [4.69, 9.17) is 9.47 Å². The van der Waals surface area contributed by atoms with Crippen LogP contribution in [0.25, 0.3) is 6.08 Å². The number of hydrogen-bond donors (Lipinski definition) is 1. The number of piperidine rings is 1. The molecule has 1 amide bonds. The second kappa shape index (κ2) is 4.91. The summed E-state index contributed by atoms with van der Waals surface area (Å²) in [4.78, 5) is 23.7. The van der Waals surface area contributed by atoms with Crippen LogP contribution in [0.4, 0.5) is 0 Å². The number of amides is 1. The minimum Gasteiger partial charge on any atom is -0.481 e. The Morgan fingerprint density at radius 3 is 2.95 bits per heavy atom. The van der Waals surface area contributed by atoms with E-state index < -0.39 is 11.6 Å². The van der Waals surface area contributed by atoms with Gasteiger partial charge in [0.1, 0.15) is 16.9 Å². The number of carbonyl (C=O) groups is 2. The van der Waals surface area contributed by atoms with Gasteiger partial charge in [-0.15, -0.1) is 0 Å². The molecule has 0 aliphatic carbocycles. The molecule has 1 saturated heterocycles. The molecule has 2 aliphatic heterocycles. The van der Waals surface area contributed by atoms with Crippen molar-refractivity contribution in [2.45, 2.75) is 25.4 Å². The fourth-order valence-electron chi connectivity index (χ4n) is 2.84. The fourth-order valence-corrected chi connectivity index (χ4v) is 2.84. The molecule has 1 atom stereocenters. The van der Waals surface area contributed by atoms with Crippen molar-refractivity contribution in [1.29, 1.82) is 0 Å². The van der Waals surface area contributed by atoms with Gasteiger partial charge in [0.2, 0.25) is 5.91 Å². The number of esters is 1. The van der Waals surface area contributed by atoms with E-state index in [9.17, 15) is 9.59 Å². The molecule has 2 heterocycles. The molecule has 0 radical (unpaired) electrons. The summed E-state index contributed by atoms with van der Waals surface area (Å²) in [6, 6.07) is 3.77. The largest absolute Gasteiger partial charge is 0.481 e. The summed E-state index contributed by atoms with van der Waals surface area (Å²) in [7, 11) is 1.35. The first-order valence-corrected chi connectivity index (χ1v) is 6.91. The Hall–Kier alpha value is -2.30. The highest BCUT2D eigenvalue weighted by molar-refractivity contribution is 5.96. The Morgan fingerprint density at radius 2 is 2.24 bits per heavy atom. The number of fused-ring (bicyclic) bond motifs is 1.